The number of aromatic nitrogens is 2. The van der Waals surface area contributed by atoms with Crippen LogP contribution in [0.3, 0.4) is 0 Å². The molecule has 0 unspecified atom stereocenters. The highest BCUT2D eigenvalue weighted by Crippen LogP contribution is 2.26. The summed E-state index contributed by atoms with van der Waals surface area (Å²) in [7, 11) is 0. The minimum atomic E-state index is 0.565. The van der Waals surface area contributed by atoms with Gasteiger partial charge >= 0.3 is 0 Å². The first-order chi connectivity index (χ1) is 10.1. The van der Waals surface area contributed by atoms with Crippen molar-refractivity contribution < 1.29 is 0 Å². The molecule has 0 aliphatic rings. The van der Waals surface area contributed by atoms with E-state index in [1.165, 1.54) is 5.56 Å². The summed E-state index contributed by atoms with van der Waals surface area (Å²) in [5, 5.41) is 3.32. The van der Waals surface area contributed by atoms with Gasteiger partial charge < -0.3 is 5.32 Å². The molecule has 1 heterocycles. The van der Waals surface area contributed by atoms with E-state index in [-0.39, 0.29) is 0 Å². The highest BCUT2D eigenvalue weighted by molar-refractivity contribution is 9.10. The summed E-state index contributed by atoms with van der Waals surface area (Å²) in [5.74, 6) is 2.33. The van der Waals surface area contributed by atoms with E-state index in [4.69, 9.17) is 4.98 Å². The summed E-state index contributed by atoms with van der Waals surface area (Å²) < 4.78 is 0.995. The number of benzene rings is 1. The average Bonchev–Trinajstić information content (AvgIpc) is 2.44. The van der Waals surface area contributed by atoms with E-state index in [0.29, 0.717) is 5.92 Å². The monoisotopic (exact) mass is 347 g/mol. The maximum atomic E-state index is 4.75. The average molecular weight is 348 g/mol. The molecular formula is C17H22BrN3. The van der Waals surface area contributed by atoms with Gasteiger partial charge in [-0.25, -0.2) is 9.97 Å². The Morgan fingerprint density at radius 1 is 1.14 bits per heavy atom. The molecule has 0 fully saturated rings. The van der Waals surface area contributed by atoms with Crippen molar-refractivity contribution in [1.29, 1.82) is 0 Å². The lowest BCUT2D eigenvalue weighted by molar-refractivity contribution is 0.629. The first-order valence-corrected chi connectivity index (χ1v) is 8.22. The molecule has 21 heavy (non-hydrogen) atoms. The Morgan fingerprint density at radius 3 is 2.48 bits per heavy atom. The molecule has 3 nitrogen and oxygen atoms in total. The van der Waals surface area contributed by atoms with Gasteiger partial charge in [0.25, 0.3) is 0 Å². The SMILES string of the molecule is CCNc1nc(Cc2ccccc2)nc(CC(C)C)c1Br. The Balaban J connectivity index is 2.33. The molecule has 1 aromatic heterocycles. The summed E-state index contributed by atoms with van der Waals surface area (Å²) in [6.45, 7) is 7.34. The molecule has 112 valence electrons. The smallest absolute Gasteiger partial charge is 0.144 e. The fourth-order valence-corrected chi connectivity index (χ4v) is 2.69. The van der Waals surface area contributed by atoms with Gasteiger partial charge in [-0.2, -0.15) is 0 Å². The zero-order chi connectivity index (χ0) is 15.2. The van der Waals surface area contributed by atoms with E-state index in [2.05, 4.69) is 71.3 Å². The summed E-state index contributed by atoms with van der Waals surface area (Å²) in [5.41, 5.74) is 2.32. The molecule has 0 atom stereocenters. The van der Waals surface area contributed by atoms with Crippen LogP contribution in [0.4, 0.5) is 5.82 Å². The standard InChI is InChI=1S/C17H22BrN3/c1-4-19-17-16(18)14(10-12(2)3)20-15(21-17)11-13-8-6-5-7-9-13/h5-9,12H,4,10-11H2,1-3H3,(H,19,20,21). The van der Waals surface area contributed by atoms with Gasteiger partial charge in [0.1, 0.15) is 11.6 Å². The van der Waals surface area contributed by atoms with Gasteiger partial charge in [-0.3, -0.25) is 0 Å². The van der Waals surface area contributed by atoms with Gasteiger partial charge in [-0.1, -0.05) is 44.2 Å². The van der Waals surface area contributed by atoms with Gasteiger partial charge in [0, 0.05) is 13.0 Å². The van der Waals surface area contributed by atoms with Gasteiger partial charge in [0.15, 0.2) is 0 Å². The number of nitrogens with zero attached hydrogens (tertiary/aromatic N) is 2. The van der Waals surface area contributed by atoms with E-state index < -0.39 is 0 Å². The lowest BCUT2D eigenvalue weighted by Crippen LogP contribution is -2.10. The van der Waals surface area contributed by atoms with Crippen LogP contribution in [0.5, 0.6) is 0 Å². The lowest BCUT2D eigenvalue weighted by atomic mass is 10.1. The normalized spacial score (nSPS) is 10.9. The maximum Gasteiger partial charge on any atom is 0.144 e. The van der Waals surface area contributed by atoms with E-state index in [1.807, 2.05) is 6.07 Å². The van der Waals surface area contributed by atoms with Crippen LogP contribution >= 0.6 is 15.9 Å². The highest BCUT2D eigenvalue weighted by atomic mass is 79.9. The second-order valence-corrected chi connectivity index (χ2v) is 6.33. The van der Waals surface area contributed by atoms with E-state index in [0.717, 1.165) is 41.2 Å². The molecule has 2 aromatic rings. The van der Waals surface area contributed by atoms with Gasteiger partial charge in [-0.15, -0.1) is 0 Å². The second-order valence-electron chi connectivity index (χ2n) is 5.54. The first kappa shape index (κ1) is 16.0. The van der Waals surface area contributed by atoms with Crippen molar-refractivity contribution >= 4 is 21.7 Å². The lowest BCUT2D eigenvalue weighted by Gasteiger charge is -2.13. The Kier molecular flexibility index (Phi) is 5.74. The fourth-order valence-electron chi connectivity index (χ4n) is 2.21. The largest absolute Gasteiger partial charge is 0.369 e. The molecule has 4 heteroatoms. The molecule has 0 radical (unpaired) electrons. The van der Waals surface area contributed by atoms with Crippen LogP contribution in [0.1, 0.15) is 37.9 Å². The zero-order valence-corrected chi connectivity index (χ0v) is 14.4. The molecule has 0 spiro atoms. The third-order valence-corrected chi connectivity index (χ3v) is 3.95. The number of hydrogen-bond acceptors (Lipinski definition) is 3. The molecule has 2 rings (SSSR count). The second kappa shape index (κ2) is 7.55. The molecule has 0 aliphatic heterocycles. The summed E-state index contributed by atoms with van der Waals surface area (Å²) in [6, 6.07) is 10.4. The predicted molar refractivity (Wildman–Crippen MR) is 91.7 cm³/mol. The molecule has 1 aromatic carbocycles. The third kappa shape index (κ3) is 4.53. The Bertz CT molecular complexity index is 582. The maximum absolute atomic E-state index is 4.75. The van der Waals surface area contributed by atoms with Crippen LogP contribution in [-0.2, 0) is 12.8 Å². The Labute approximate surface area is 135 Å². The number of anilines is 1. The minimum absolute atomic E-state index is 0.565. The Hall–Kier alpha value is -1.42. The van der Waals surface area contributed by atoms with Crippen LogP contribution in [-0.4, -0.2) is 16.5 Å². The van der Waals surface area contributed by atoms with Crippen LogP contribution in [0.15, 0.2) is 34.8 Å². The van der Waals surface area contributed by atoms with Crippen LogP contribution in [0.2, 0.25) is 0 Å². The van der Waals surface area contributed by atoms with Gasteiger partial charge in [0.05, 0.1) is 10.2 Å². The highest BCUT2D eigenvalue weighted by Gasteiger charge is 2.13. The number of nitrogens with one attached hydrogen (secondary N) is 1. The van der Waals surface area contributed by atoms with Crippen molar-refractivity contribution in [1.82, 2.24) is 9.97 Å². The van der Waals surface area contributed by atoms with Crippen molar-refractivity contribution in [3.8, 4) is 0 Å². The van der Waals surface area contributed by atoms with Gasteiger partial charge in [-0.05, 0) is 40.8 Å². The molecule has 1 N–H and O–H groups in total. The van der Waals surface area contributed by atoms with Crippen LogP contribution in [0.25, 0.3) is 0 Å². The quantitative estimate of drug-likeness (QED) is 0.838. The van der Waals surface area contributed by atoms with Gasteiger partial charge in [0.2, 0.25) is 0 Å². The topological polar surface area (TPSA) is 37.8 Å². The van der Waals surface area contributed by atoms with Crippen molar-refractivity contribution in [2.24, 2.45) is 5.92 Å². The predicted octanol–water partition coefficient (Wildman–Crippen LogP) is 4.46. The fraction of sp³-hybridized carbons (Fsp3) is 0.412. The zero-order valence-electron chi connectivity index (χ0n) is 12.9. The molecule has 0 bridgehead atoms. The van der Waals surface area contributed by atoms with Crippen molar-refractivity contribution in [2.75, 3.05) is 11.9 Å². The third-order valence-electron chi connectivity index (χ3n) is 3.12. The van der Waals surface area contributed by atoms with E-state index in [9.17, 15) is 0 Å². The number of halogens is 1. The molecular weight excluding hydrogens is 326 g/mol. The van der Waals surface area contributed by atoms with Crippen molar-refractivity contribution in [3.05, 3.63) is 51.9 Å². The van der Waals surface area contributed by atoms with Crippen LogP contribution < -0.4 is 5.32 Å². The first-order valence-electron chi connectivity index (χ1n) is 7.43. The minimum Gasteiger partial charge on any atom is -0.369 e. The molecule has 0 saturated carbocycles. The van der Waals surface area contributed by atoms with Crippen LogP contribution in [0, 0.1) is 5.92 Å². The number of hydrogen-bond donors (Lipinski definition) is 1. The molecule has 0 amide bonds. The van der Waals surface area contributed by atoms with E-state index in [1.54, 1.807) is 0 Å². The summed E-state index contributed by atoms with van der Waals surface area (Å²) >= 11 is 3.64. The van der Waals surface area contributed by atoms with E-state index >= 15 is 0 Å². The number of rotatable bonds is 6. The Morgan fingerprint density at radius 2 is 1.86 bits per heavy atom. The summed E-state index contributed by atoms with van der Waals surface area (Å²) in [6.07, 6.45) is 1.71. The van der Waals surface area contributed by atoms with Crippen molar-refractivity contribution in [3.63, 3.8) is 0 Å². The summed E-state index contributed by atoms with van der Waals surface area (Å²) in [4.78, 5) is 9.41. The molecule has 0 aliphatic carbocycles. The molecule has 0 saturated heterocycles. The van der Waals surface area contributed by atoms with Crippen molar-refractivity contribution in [2.45, 2.75) is 33.6 Å².